The minimum absolute atomic E-state index is 0.153. The molecule has 3 heterocycles. The van der Waals surface area contributed by atoms with Gasteiger partial charge in [0.1, 0.15) is 5.82 Å². The summed E-state index contributed by atoms with van der Waals surface area (Å²) in [6.07, 6.45) is 3.86. The lowest BCUT2D eigenvalue weighted by Crippen LogP contribution is -2.56. The molecule has 2 aliphatic rings. The third kappa shape index (κ3) is 3.28. The van der Waals surface area contributed by atoms with Crippen LogP contribution in [0.15, 0.2) is 24.3 Å². The SMILES string of the molecule is O=C(CCc1nc2ccccc2[nH]1)N1CCC2(CC1)OCCC[C@H]2O. The summed E-state index contributed by atoms with van der Waals surface area (Å²) in [6.45, 7) is 2.04. The summed E-state index contributed by atoms with van der Waals surface area (Å²) in [7, 11) is 0. The Morgan fingerprint density at radius 2 is 2.16 bits per heavy atom. The Labute approximate surface area is 147 Å². The second-order valence-electron chi connectivity index (χ2n) is 7.15. The fraction of sp³-hybridized carbons (Fsp3) is 0.579. The second kappa shape index (κ2) is 6.77. The van der Waals surface area contributed by atoms with Gasteiger partial charge in [0.2, 0.25) is 5.91 Å². The summed E-state index contributed by atoms with van der Waals surface area (Å²) in [4.78, 5) is 22.2. The molecule has 2 aromatic rings. The molecule has 0 radical (unpaired) electrons. The van der Waals surface area contributed by atoms with E-state index in [0.717, 1.165) is 49.1 Å². The van der Waals surface area contributed by atoms with Gasteiger partial charge < -0.3 is 19.7 Å². The third-order valence-electron chi connectivity index (χ3n) is 5.60. The number of fused-ring (bicyclic) bond motifs is 1. The van der Waals surface area contributed by atoms with Crippen LogP contribution in [0.5, 0.6) is 0 Å². The molecule has 2 aliphatic heterocycles. The first-order chi connectivity index (χ1) is 12.2. The van der Waals surface area contributed by atoms with Gasteiger partial charge >= 0.3 is 0 Å². The number of rotatable bonds is 3. The van der Waals surface area contributed by atoms with Crippen LogP contribution in [0.3, 0.4) is 0 Å². The lowest BCUT2D eigenvalue weighted by atomic mass is 9.82. The van der Waals surface area contributed by atoms with Gasteiger partial charge in [-0.2, -0.15) is 0 Å². The summed E-state index contributed by atoms with van der Waals surface area (Å²) in [5.41, 5.74) is 1.52. The molecule has 2 N–H and O–H groups in total. The molecule has 1 aromatic heterocycles. The Balaban J connectivity index is 1.31. The first-order valence-electron chi connectivity index (χ1n) is 9.20. The average Bonchev–Trinajstić information content (AvgIpc) is 3.06. The number of aryl methyl sites for hydroxylation is 1. The highest BCUT2D eigenvalue weighted by atomic mass is 16.5. The number of H-pyrrole nitrogens is 1. The smallest absolute Gasteiger partial charge is 0.223 e. The molecule has 134 valence electrons. The lowest BCUT2D eigenvalue weighted by Gasteiger charge is -2.46. The Morgan fingerprint density at radius 1 is 1.36 bits per heavy atom. The molecule has 0 unspecified atom stereocenters. The number of piperidine rings is 1. The van der Waals surface area contributed by atoms with Crippen molar-refractivity contribution in [1.29, 1.82) is 0 Å². The maximum absolute atomic E-state index is 12.5. The van der Waals surface area contributed by atoms with Gasteiger partial charge in [0.15, 0.2) is 0 Å². The maximum atomic E-state index is 12.5. The van der Waals surface area contributed by atoms with E-state index in [-0.39, 0.29) is 5.91 Å². The van der Waals surface area contributed by atoms with Crippen molar-refractivity contribution in [2.45, 2.75) is 50.2 Å². The number of likely N-dealkylation sites (tertiary alicyclic amines) is 1. The zero-order valence-corrected chi connectivity index (χ0v) is 14.4. The molecule has 1 amide bonds. The van der Waals surface area contributed by atoms with E-state index in [4.69, 9.17) is 4.74 Å². The normalized spacial score (nSPS) is 23.2. The fourth-order valence-corrected chi connectivity index (χ4v) is 4.03. The number of carbonyl (C=O) groups excluding carboxylic acids is 1. The number of amides is 1. The second-order valence-corrected chi connectivity index (χ2v) is 7.15. The molecule has 4 rings (SSSR count). The highest BCUT2D eigenvalue weighted by Crippen LogP contribution is 2.35. The van der Waals surface area contributed by atoms with Crippen LogP contribution in [0, 0.1) is 0 Å². The molecule has 1 atom stereocenters. The zero-order chi connectivity index (χ0) is 17.3. The Bertz CT molecular complexity index is 716. The molecule has 0 saturated carbocycles. The number of nitrogens with one attached hydrogen (secondary N) is 1. The van der Waals surface area contributed by atoms with Crippen molar-refractivity contribution in [3.63, 3.8) is 0 Å². The molecule has 0 bridgehead atoms. The Morgan fingerprint density at radius 3 is 2.92 bits per heavy atom. The quantitative estimate of drug-likeness (QED) is 0.894. The highest BCUT2D eigenvalue weighted by Gasteiger charge is 2.44. The summed E-state index contributed by atoms with van der Waals surface area (Å²) >= 11 is 0. The highest BCUT2D eigenvalue weighted by molar-refractivity contribution is 5.77. The average molecular weight is 343 g/mol. The van der Waals surface area contributed by atoms with E-state index in [1.54, 1.807) is 0 Å². The summed E-state index contributed by atoms with van der Waals surface area (Å²) < 4.78 is 5.91. The molecule has 2 fully saturated rings. The van der Waals surface area contributed by atoms with Crippen LogP contribution in [0.4, 0.5) is 0 Å². The molecule has 6 heteroatoms. The molecule has 1 aromatic carbocycles. The first kappa shape index (κ1) is 16.5. The molecular formula is C19H25N3O3. The van der Waals surface area contributed by atoms with Crippen molar-refractivity contribution < 1.29 is 14.6 Å². The van der Waals surface area contributed by atoms with E-state index in [0.29, 0.717) is 25.9 Å². The van der Waals surface area contributed by atoms with Gasteiger partial charge in [-0.1, -0.05) is 12.1 Å². The van der Waals surface area contributed by atoms with Crippen molar-refractivity contribution in [1.82, 2.24) is 14.9 Å². The number of aromatic amines is 1. The summed E-state index contributed by atoms with van der Waals surface area (Å²) in [6, 6.07) is 7.90. The van der Waals surface area contributed by atoms with Crippen molar-refractivity contribution in [2.24, 2.45) is 0 Å². The van der Waals surface area contributed by atoms with Crippen LogP contribution in [0.1, 0.15) is 37.9 Å². The number of hydrogen-bond donors (Lipinski definition) is 2. The van der Waals surface area contributed by atoms with Gasteiger partial charge in [-0.25, -0.2) is 4.98 Å². The summed E-state index contributed by atoms with van der Waals surface area (Å²) in [5, 5.41) is 10.3. The lowest BCUT2D eigenvalue weighted by molar-refractivity contribution is -0.179. The van der Waals surface area contributed by atoms with Crippen molar-refractivity contribution >= 4 is 16.9 Å². The van der Waals surface area contributed by atoms with Crippen molar-refractivity contribution in [3.8, 4) is 0 Å². The van der Waals surface area contributed by atoms with Gasteiger partial charge in [0.05, 0.1) is 22.7 Å². The minimum atomic E-state index is -0.423. The molecule has 0 aliphatic carbocycles. The maximum Gasteiger partial charge on any atom is 0.223 e. The van der Waals surface area contributed by atoms with Gasteiger partial charge in [0.25, 0.3) is 0 Å². The number of ether oxygens (including phenoxy) is 1. The largest absolute Gasteiger partial charge is 0.390 e. The van der Waals surface area contributed by atoms with Crippen molar-refractivity contribution in [2.75, 3.05) is 19.7 Å². The monoisotopic (exact) mass is 343 g/mol. The van der Waals surface area contributed by atoms with Crippen LogP contribution < -0.4 is 0 Å². The molecular weight excluding hydrogens is 318 g/mol. The van der Waals surface area contributed by atoms with E-state index < -0.39 is 11.7 Å². The predicted molar refractivity (Wildman–Crippen MR) is 94.2 cm³/mol. The molecule has 25 heavy (non-hydrogen) atoms. The molecule has 6 nitrogen and oxygen atoms in total. The van der Waals surface area contributed by atoms with Crippen LogP contribution in [0.2, 0.25) is 0 Å². The van der Waals surface area contributed by atoms with E-state index >= 15 is 0 Å². The predicted octanol–water partition coefficient (Wildman–Crippen LogP) is 2.03. The van der Waals surface area contributed by atoms with E-state index in [1.807, 2.05) is 29.2 Å². The van der Waals surface area contributed by atoms with E-state index in [2.05, 4.69) is 9.97 Å². The van der Waals surface area contributed by atoms with Crippen LogP contribution >= 0.6 is 0 Å². The van der Waals surface area contributed by atoms with Crippen LogP contribution in [-0.4, -0.2) is 57.3 Å². The zero-order valence-electron chi connectivity index (χ0n) is 14.4. The number of aromatic nitrogens is 2. The van der Waals surface area contributed by atoms with Crippen LogP contribution in [-0.2, 0) is 16.0 Å². The van der Waals surface area contributed by atoms with Gasteiger partial charge in [-0.05, 0) is 37.8 Å². The molecule has 1 spiro atoms. The number of benzene rings is 1. The summed E-state index contributed by atoms with van der Waals surface area (Å²) in [5.74, 6) is 1.01. The number of nitrogens with zero attached hydrogens (tertiary/aromatic N) is 2. The first-order valence-corrected chi connectivity index (χ1v) is 9.20. The standard InChI is InChI=1S/C19H25N3O3/c23-16-6-3-13-25-19(16)9-11-22(12-10-19)18(24)8-7-17-20-14-4-1-2-5-15(14)21-17/h1-2,4-5,16,23H,3,6-13H2,(H,20,21)/t16-/m1/s1. The minimum Gasteiger partial charge on any atom is -0.390 e. The Hall–Kier alpha value is -1.92. The number of hydrogen-bond acceptors (Lipinski definition) is 4. The van der Waals surface area contributed by atoms with Gasteiger partial charge in [-0.15, -0.1) is 0 Å². The Kier molecular flexibility index (Phi) is 4.48. The number of imidazole rings is 1. The van der Waals surface area contributed by atoms with Gasteiger partial charge in [0, 0.05) is 32.5 Å². The number of carbonyl (C=O) groups is 1. The topological polar surface area (TPSA) is 78.5 Å². The van der Waals surface area contributed by atoms with Gasteiger partial charge in [-0.3, -0.25) is 4.79 Å². The van der Waals surface area contributed by atoms with E-state index in [9.17, 15) is 9.90 Å². The van der Waals surface area contributed by atoms with Crippen molar-refractivity contribution in [3.05, 3.63) is 30.1 Å². The number of aliphatic hydroxyl groups is 1. The van der Waals surface area contributed by atoms with E-state index in [1.165, 1.54) is 0 Å². The van der Waals surface area contributed by atoms with Crippen LogP contribution in [0.25, 0.3) is 11.0 Å². The molecule has 2 saturated heterocycles. The number of para-hydroxylation sites is 2. The fourth-order valence-electron chi connectivity index (χ4n) is 4.03. The number of aliphatic hydroxyl groups excluding tert-OH is 1. The third-order valence-corrected chi connectivity index (χ3v) is 5.60.